The second kappa shape index (κ2) is 4.96. The van der Waals surface area contributed by atoms with Gasteiger partial charge in [0.1, 0.15) is 5.75 Å². The molecule has 102 valence electrons. The third kappa shape index (κ3) is 2.50. The molecule has 0 aliphatic heterocycles. The van der Waals surface area contributed by atoms with Gasteiger partial charge in [-0.25, -0.2) is 4.79 Å². The van der Waals surface area contributed by atoms with Crippen LogP contribution < -0.4 is 4.74 Å². The number of ether oxygens (including phenoxy) is 1. The third-order valence-corrected chi connectivity index (χ3v) is 3.34. The van der Waals surface area contributed by atoms with E-state index in [4.69, 9.17) is 9.84 Å². The quantitative estimate of drug-likeness (QED) is 0.925. The molecular weight excluding hydrogens is 254 g/mol. The average molecular weight is 269 g/mol. The number of rotatable bonds is 4. The summed E-state index contributed by atoms with van der Waals surface area (Å²) in [5.74, 6) is -0.209. The molecule has 4 heteroatoms. The second-order valence-corrected chi connectivity index (χ2v) is 4.97. The number of nitrogens with zero attached hydrogens (tertiary/aromatic N) is 1. The molecule has 0 radical (unpaired) electrons. The molecular formula is C16H15NO3. The van der Waals surface area contributed by atoms with E-state index in [1.165, 1.54) is 0 Å². The fraction of sp³-hybridized carbons (Fsp3) is 0.250. The van der Waals surface area contributed by atoms with Crippen molar-refractivity contribution in [2.45, 2.75) is 25.9 Å². The van der Waals surface area contributed by atoms with Crippen molar-refractivity contribution in [3.8, 4) is 16.9 Å². The van der Waals surface area contributed by atoms with Crippen LogP contribution in [-0.2, 0) is 0 Å². The molecule has 0 amide bonds. The number of aromatic carboxylic acids is 1. The van der Waals surface area contributed by atoms with E-state index in [2.05, 4.69) is 4.98 Å². The van der Waals surface area contributed by atoms with Gasteiger partial charge in [0.15, 0.2) is 0 Å². The highest BCUT2D eigenvalue weighted by Gasteiger charge is 2.25. The molecule has 3 rings (SSSR count). The van der Waals surface area contributed by atoms with Gasteiger partial charge < -0.3 is 9.84 Å². The molecule has 1 heterocycles. The van der Waals surface area contributed by atoms with Crippen LogP contribution in [0.1, 0.15) is 28.9 Å². The number of carbonyl (C=O) groups is 1. The Hall–Kier alpha value is -2.36. The molecule has 1 saturated carbocycles. The lowest BCUT2D eigenvalue weighted by Gasteiger charge is -2.13. The SMILES string of the molecule is Cc1ncccc1-c1cc(C(=O)O)ccc1OC1CC1. The Morgan fingerprint density at radius 3 is 2.75 bits per heavy atom. The van der Waals surface area contributed by atoms with Crippen LogP contribution in [0.3, 0.4) is 0 Å². The van der Waals surface area contributed by atoms with E-state index in [9.17, 15) is 4.79 Å². The Kier molecular flexibility index (Phi) is 3.14. The minimum Gasteiger partial charge on any atom is -0.490 e. The molecule has 0 atom stereocenters. The van der Waals surface area contributed by atoms with Gasteiger partial charge >= 0.3 is 5.97 Å². The normalized spacial score (nSPS) is 14.1. The summed E-state index contributed by atoms with van der Waals surface area (Å²) in [6.07, 6.45) is 4.11. The molecule has 20 heavy (non-hydrogen) atoms. The van der Waals surface area contributed by atoms with Crippen LogP contribution in [0.25, 0.3) is 11.1 Å². The van der Waals surface area contributed by atoms with Gasteiger partial charge in [0, 0.05) is 23.0 Å². The largest absolute Gasteiger partial charge is 0.490 e. The maximum Gasteiger partial charge on any atom is 0.335 e. The number of benzene rings is 1. The van der Waals surface area contributed by atoms with Crippen molar-refractivity contribution < 1.29 is 14.6 Å². The summed E-state index contributed by atoms with van der Waals surface area (Å²) in [6, 6.07) is 8.75. The van der Waals surface area contributed by atoms with Crippen LogP contribution in [0.15, 0.2) is 36.5 Å². The molecule has 1 N–H and O–H groups in total. The van der Waals surface area contributed by atoms with Crippen molar-refractivity contribution >= 4 is 5.97 Å². The molecule has 1 aliphatic rings. The first-order valence-corrected chi connectivity index (χ1v) is 6.61. The summed E-state index contributed by atoms with van der Waals surface area (Å²) >= 11 is 0. The Balaban J connectivity index is 2.11. The lowest BCUT2D eigenvalue weighted by atomic mass is 10.0. The smallest absolute Gasteiger partial charge is 0.335 e. The van der Waals surface area contributed by atoms with E-state index >= 15 is 0 Å². The van der Waals surface area contributed by atoms with Gasteiger partial charge in [-0.05, 0) is 44.0 Å². The van der Waals surface area contributed by atoms with E-state index in [1.54, 1.807) is 24.4 Å². The van der Waals surface area contributed by atoms with E-state index in [-0.39, 0.29) is 11.7 Å². The predicted molar refractivity (Wildman–Crippen MR) is 75.0 cm³/mol. The van der Waals surface area contributed by atoms with Crippen molar-refractivity contribution in [1.29, 1.82) is 0 Å². The monoisotopic (exact) mass is 269 g/mol. The van der Waals surface area contributed by atoms with Crippen LogP contribution in [-0.4, -0.2) is 22.2 Å². The van der Waals surface area contributed by atoms with E-state index in [0.717, 1.165) is 35.4 Å². The van der Waals surface area contributed by atoms with Gasteiger partial charge in [0.25, 0.3) is 0 Å². The minimum absolute atomic E-state index is 0.256. The van der Waals surface area contributed by atoms with Crippen molar-refractivity contribution in [1.82, 2.24) is 4.98 Å². The lowest BCUT2D eigenvalue weighted by Crippen LogP contribution is -2.02. The fourth-order valence-corrected chi connectivity index (χ4v) is 2.11. The minimum atomic E-state index is -0.939. The zero-order valence-electron chi connectivity index (χ0n) is 11.2. The maximum atomic E-state index is 11.2. The Labute approximate surface area is 117 Å². The zero-order valence-corrected chi connectivity index (χ0v) is 11.2. The number of pyridine rings is 1. The van der Waals surface area contributed by atoms with Crippen molar-refractivity contribution in [2.24, 2.45) is 0 Å². The Bertz CT molecular complexity index is 663. The van der Waals surface area contributed by atoms with Crippen molar-refractivity contribution in [2.75, 3.05) is 0 Å². The fourth-order valence-electron chi connectivity index (χ4n) is 2.11. The molecule has 0 unspecified atom stereocenters. The first kappa shape index (κ1) is 12.7. The number of hydrogen-bond acceptors (Lipinski definition) is 3. The molecule has 0 bridgehead atoms. The van der Waals surface area contributed by atoms with Crippen LogP contribution >= 0.6 is 0 Å². The summed E-state index contributed by atoms with van der Waals surface area (Å²) in [6.45, 7) is 1.91. The highest BCUT2D eigenvalue weighted by molar-refractivity contribution is 5.90. The summed E-state index contributed by atoms with van der Waals surface area (Å²) in [4.78, 5) is 15.4. The highest BCUT2D eigenvalue weighted by atomic mass is 16.5. The third-order valence-electron chi connectivity index (χ3n) is 3.34. The maximum absolute atomic E-state index is 11.2. The first-order chi connectivity index (χ1) is 9.65. The van der Waals surface area contributed by atoms with Gasteiger partial charge in [0.2, 0.25) is 0 Å². The molecule has 0 saturated heterocycles. The number of aryl methyl sites for hydroxylation is 1. The zero-order chi connectivity index (χ0) is 14.1. The molecule has 1 fully saturated rings. The van der Waals surface area contributed by atoms with Crippen LogP contribution in [0, 0.1) is 6.92 Å². The summed E-state index contributed by atoms with van der Waals surface area (Å²) < 4.78 is 5.88. The number of carboxylic acid groups (broad SMARTS) is 1. The van der Waals surface area contributed by atoms with Crippen LogP contribution in [0.4, 0.5) is 0 Å². The topological polar surface area (TPSA) is 59.4 Å². The molecule has 1 aromatic heterocycles. The van der Waals surface area contributed by atoms with E-state index in [1.807, 2.05) is 19.1 Å². The molecule has 1 aliphatic carbocycles. The summed E-state index contributed by atoms with van der Waals surface area (Å²) in [5, 5.41) is 9.15. The molecule has 0 spiro atoms. The van der Waals surface area contributed by atoms with Gasteiger partial charge in [-0.3, -0.25) is 4.98 Å². The van der Waals surface area contributed by atoms with Crippen LogP contribution in [0.2, 0.25) is 0 Å². The average Bonchev–Trinajstić information content (AvgIpc) is 3.24. The number of hydrogen-bond donors (Lipinski definition) is 1. The van der Waals surface area contributed by atoms with Gasteiger partial charge in [0.05, 0.1) is 11.7 Å². The number of aromatic nitrogens is 1. The number of carboxylic acids is 1. The van der Waals surface area contributed by atoms with Crippen molar-refractivity contribution in [3.05, 3.63) is 47.8 Å². The van der Waals surface area contributed by atoms with Gasteiger partial charge in [-0.2, -0.15) is 0 Å². The van der Waals surface area contributed by atoms with Crippen LogP contribution in [0.5, 0.6) is 5.75 Å². The molecule has 1 aromatic carbocycles. The highest BCUT2D eigenvalue weighted by Crippen LogP contribution is 2.36. The second-order valence-electron chi connectivity index (χ2n) is 4.97. The first-order valence-electron chi connectivity index (χ1n) is 6.61. The van der Waals surface area contributed by atoms with Gasteiger partial charge in [-0.1, -0.05) is 6.07 Å². The van der Waals surface area contributed by atoms with Gasteiger partial charge in [-0.15, -0.1) is 0 Å². The van der Waals surface area contributed by atoms with Crippen molar-refractivity contribution in [3.63, 3.8) is 0 Å². The summed E-state index contributed by atoms with van der Waals surface area (Å²) in [5.41, 5.74) is 2.82. The predicted octanol–water partition coefficient (Wildman–Crippen LogP) is 3.30. The lowest BCUT2D eigenvalue weighted by molar-refractivity contribution is 0.0697. The Morgan fingerprint density at radius 1 is 1.30 bits per heavy atom. The van der Waals surface area contributed by atoms with E-state index in [0.29, 0.717) is 0 Å². The Morgan fingerprint density at radius 2 is 2.10 bits per heavy atom. The summed E-state index contributed by atoms with van der Waals surface area (Å²) in [7, 11) is 0. The molecule has 2 aromatic rings. The standard InChI is InChI=1S/C16H15NO3/c1-10-13(3-2-8-17-10)14-9-11(16(18)19)4-7-15(14)20-12-5-6-12/h2-4,7-9,12H,5-6H2,1H3,(H,18,19). The molecule has 4 nitrogen and oxygen atoms in total. The van der Waals surface area contributed by atoms with E-state index < -0.39 is 5.97 Å².